The molecule has 0 amide bonds. The number of hydrogen-bond acceptors (Lipinski definition) is 1. The zero-order valence-electron chi connectivity index (χ0n) is 12.3. The van der Waals surface area contributed by atoms with Gasteiger partial charge in [0.2, 0.25) is 0 Å². The highest BCUT2D eigenvalue weighted by atomic mass is 16.3. The molecule has 22 heavy (non-hydrogen) atoms. The highest BCUT2D eigenvalue weighted by molar-refractivity contribution is 5.50. The van der Waals surface area contributed by atoms with Crippen LogP contribution in [0.4, 0.5) is 0 Å². The molecule has 1 aliphatic carbocycles. The first-order valence-corrected chi connectivity index (χ1v) is 7.73. The van der Waals surface area contributed by atoms with Crippen LogP contribution < -0.4 is 0 Å². The van der Waals surface area contributed by atoms with E-state index in [1.54, 1.807) is 0 Å². The molecule has 1 atom stereocenters. The summed E-state index contributed by atoms with van der Waals surface area (Å²) >= 11 is 0. The molecule has 1 N–H and O–H groups in total. The molecule has 1 aliphatic rings. The first-order valence-electron chi connectivity index (χ1n) is 7.73. The number of rotatable bonds is 2. The number of aliphatic hydroxyl groups excluding tert-OH is 1. The van der Waals surface area contributed by atoms with Gasteiger partial charge in [0.25, 0.3) is 0 Å². The monoisotopic (exact) mass is 286 g/mol. The van der Waals surface area contributed by atoms with Gasteiger partial charge in [-0.2, -0.15) is 0 Å². The van der Waals surface area contributed by atoms with E-state index < -0.39 is 6.10 Å². The van der Waals surface area contributed by atoms with E-state index in [4.69, 9.17) is 0 Å². The molecule has 0 heterocycles. The highest BCUT2D eigenvalue weighted by Crippen LogP contribution is 2.43. The van der Waals surface area contributed by atoms with Crippen LogP contribution in [0, 0.1) is 0 Å². The zero-order valence-corrected chi connectivity index (χ0v) is 12.3. The molecule has 1 heteroatoms. The van der Waals surface area contributed by atoms with Gasteiger partial charge in [-0.1, -0.05) is 78.9 Å². The molecule has 108 valence electrons. The molecular weight excluding hydrogens is 268 g/mol. The van der Waals surface area contributed by atoms with Crippen LogP contribution in [0.2, 0.25) is 0 Å². The molecule has 1 unspecified atom stereocenters. The number of hydrogen-bond donors (Lipinski definition) is 1. The minimum Gasteiger partial charge on any atom is -0.387 e. The van der Waals surface area contributed by atoms with Crippen molar-refractivity contribution in [2.75, 3.05) is 0 Å². The van der Waals surface area contributed by atoms with Crippen LogP contribution in [0.5, 0.6) is 0 Å². The highest BCUT2D eigenvalue weighted by Gasteiger charge is 2.31. The summed E-state index contributed by atoms with van der Waals surface area (Å²) in [5.74, 6) is 0.00329. The fraction of sp³-hybridized carbons (Fsp3) is 0.143. The quantitative estimate of drug-likeness (QED) is 0.737. The Morgan fingerprint density at radius 3 is 1.77 bits per heavy atom. The molecule has 0 fully saturated rings. The van der Waals surface area contributed by atoms with Gasteiger partial charge in [0.05, 0.1) is 6.10 Å². The lowest BCUT2D eigenvalue weighted by atomic mass is 9.74. The number of fused-ring (bicyclic) bond motifs is 2. The van der Waals surface area contributed by atoms with Gasteiger partial charge in [-0.05, 0) is 34.2 Å². The van der Waals surface area contributed by atoms with Crippen molar-refractivity contribution in [2.24, 2.45) is 0 Å². The Kier molecular flexibility index (Phi) is 3.28. The minimum absolute atomic E-state index is 0.00329. The Morgan fingerprint density at radius 1 is 0.682 bits per heavy atom. The second kappa shape index (κ2) is 5.43. The van der Waals surface area contributed by atoms with Crippen molar-refractivity contribution in [1.82, 2.24) is 0 Å². The van der Waals surface area contributed by atoms with Gasteiger partial charge < -0.3 is 5.11 Å². The maximum atomic E-state index is 11.0. The SMILES string of the molecule is OC(c1ccccc1)C1c2ccccc2Cc2ccccc21. The van der Waals surface area contributed by atoms with E-state index in [-0.39, 0.29) is 5.92 Å². The smallest absolute Gasteiger partial charge is 0.0899 e. The summed E-state index contributed by atoms with van der Waals surface area (Å²) in [4.78, 5) is 0. The van der Waals surface area contributed by atoms with E-state index in [0.717, 1.165) is 12.0 Å². The van der Waals surface area contributed by atoms with Crippen molar-refractivity contribution >= 4 is 0 Å². The van der Waals surface area contributed by atoms with Gasteiger partial charge in [-0.15, -0.1) is 0 Å². The molecule has 0 saturated heterocycles. The Balaban J connectivity index is 1.88. The maximum absolute atomic E-state index is 11.0. The van der Waals surface area contributed by atoms with E-state index in [1.807, 2.05) is 30.3 Å². The van der Waals surface area contributed by atoms with E-state index in [0.29, 0.717) is 0 Å². The third-order valence-corrected chi connectivity index (χ3v) is 4.62. The summed E-state index contributed by atoms with van der Waals surface area (Å²) in [6.45, 7) is 0. The lowest BCUT2D eigenvalue weighted by Gasteiger charge is -2.32. The minimum atomic E-state index is -0.524. The molecule has 3 aromatic rings. The first kappa shape index (κ1) is 13.3. The average molecular weight is 286 g/mol. The summed E-state index contributed by atoms with van der Waals surface area (Å²) < 4.78 is 0. The van der Waals surface area contributed by atoms with Gasteiger partial charge >= 0.3 is 0 Å². The molecule has 3 aromatic carbocycles. The number of benzene rings is 3. The summed E-state index contributed by atoms with van der Waals surface area (Å²) in [5, 5.41) is 11.0. The Hall–Kier alpha value is -2.38. The van der Waals surface area contributed by atoms with Crippen LogP contribution in [0.25, 0.3) is 0 Å². The lowest BCUT2D eigenvalue weighted by Crippen LogP contribution is -2.20. The summed E-state index contributed by atoms with van der Waals surface area (Å²) in [6, 6.07) is 26.9. The van der Waals surface area contributed by atoms with Gasteiger partial charge in [0.1, 0.15) is 0 Å². The predicted molar refractivity (Wildman–Crippen MR) is 88.9 cm³/mol. The van der Waals surface area contributed by atoms with Crippen molar-refractivity contribution in [1.29, 1.82) is 0 Å². The molecule has 0 aromatic heterocycles. The first-order chi connectivity index (χ1) is 10.8. The molecule has 4 rings (SSSR count). The van der Waals surface area contributed by atoms with Gasteiger partial charge in [-0.25, -0.2) is 0 Å². The van der Waals surface area contributed by atoms with E-state index in [2.05, 4.69) is 48.5 Å². The van der Waals surface area contributed by atoms with Crippen molar-refractivity contribution < 1.29 is 5.11 Å². The van der Waals surface area contributed by atoms with Gasteiger partial charge in [0.15, 0.2) is 0 Å². The standard InChI is InChI=1S/C21H18O/c22-21(15-8-2-1-3-9-15)20-18-12-6-4-10-16(18)14-17-11-5-7-13-19(17)20/h1-13,20-22H,14H2. The average Bonchev–Trinajstić information content (AvgIpc) is 2.60. The van der Waals surface area contributed by atoms with Crippen LogP contribution in [0.15, 0.2) is 78.9 Å². The largest absolute Gasteiger partial charge is 0.387 e. The fourth-order valence-corrected chi connectivity index (χ4v) is 3.55. The zero-order chi connectivity index (χ0) is 14.9. The van der Waals surface area contributed by atoms with Crippen LogP contribution >= 0.6 is 0 Å². The summed E-state index contributed by atoms with van der Waals surface area (Å²) in [5.41, 5.74) is 6.11. The Morgan fingerprint density at radius 2 is 1.18 bits per heavy atom. The lowest BCUT2D eigenvalue weighted by molar-refractivity contribution is 0.157. The predicted octanol–water partition coefficient (Wildman–Crippen LogP) is 4.46. The molecule has 0 radical (unpaired) electrons. The normalized spacial score (nSPS) is 15.0. The van der Waals surface area contributed by atoms with Crippen LogP contribution in [-0.2, 0) is 6.42 Å². The second-order valence-electron chi connectivity index (χ2n) is 5.91. The van der Waals surface area contributed by atoms with Crippen LogP contribution in [0.1, 0.15) is 39.8 Å². The second-order valence-corrected chi connectivity index (χ2v) is 5.91. The van der Waals surface area contributed by atoms with Crippen molar-refractivity contribution in [3.63, 3.8) is 0 Å². The van der Waals surface area contributed by atoms with Gasteiger partial charge in [0, 0.05) is 5.92 Å². The molecule has 0 spiro atoms. The molecule has 0 aliphatic heterocycles. The molecular formula is C21H18O. The Labute approximate surface area is 130 Å². The Bertz CT molecular complexity index is 746. The topological polar surface area (TPSA) is 20.2 Å². The van der Waals surface area contributed by atoms with Crippen molar-refractivity contribution in [2.45, 2.75) is 18.4 Å². The molecule has 0 saturated carbocycles. The summed E-state index contributed by atoms with van der Waals surface area (Å²) in [6.07, 6.45) is 0.425. The van der Waals surface area contributed by atoms with E-state index >= 15 is 0 Å². The van der Waals surface area contributed by atoms with E-state index in [1.165, 1.54) is 22.3 Å². The van der Waals surface area contributed by atoms with Crippen LogP contribution in [-0.4, -0.2) is 5.11 Å². The molecule has 1 nitrogen and oxygen atoms in total. The maximum Gasteiger partial charge on any atom is 0.0899 e. The molecule has 0 bridgehead atoms. The van der Waals surface area contributed by atoms with Crippen molar-refractivity contribution in [3.8, 4) is 0 Å². The van der Waals surface area contributed by atoms with Gasteiger partial charge in [-0.3, -0.25) is 0 Å². The summed E-state index contributed by atoms with van der Waals surface area (Å²) in [7, 11) is 0. The number of aliphatic hydroxyl groups is 1. The van der Waals surface area contributed by atoms with E-state index in [9.17, 15) is 5.11 Å². The fourth-order valence-electron chi connectivity index (χ4n) is 3.55. The van der Waals surface area contributed by atoms with Crippen LogP contribution in [0.3, 0.4) is 0 Å². The third-order valence-electron chi connectivity index (χ3n) is 4.62. The third kappa shape index (κ3) is 2.15. The van der Waals surface area contributed by atoms with Crippen molar-refractivity contribution in [3.05, 3.63) is 107 Å².